The minimum Gasteiger partial charge on any atom is -0.478 e. The molecule has 20 heavy (non-hydrogen) atoms. The molecule has 0 spiro atoms. The van der Waals surface area contributed by atoms with E-state index in [-0.39, 0.29) is 12.2 Å². The van der Waals surface area contributed by atoms with Gasteiger partial charge in [-0.15, -0.1) is 0 Å². The molecule has 0 aliphatic carbocycles. The molecule has 5 nitrogen and oxygen atoms in total. The zero-order valence-corrected chi connectivity index (χ0v) is 11.2. The standard InChI is InChI=1S/C9H8O2.C6H10O3/c10-9(11)7-6-8-4-2-1-3-5-8;1-5(6(8)9)3-2-4-7/h1-7H,(H,10,11);3,7H,2,4H2,1H3,(H,8,9). The molecule has 1 aromatic carbocycles. The number of aliphatic carboxylic acids is 2. The van der Waals surface area contributed by atoms with E-state index in [2.05, 4.69) is 0 Å². The van der Waals surface area contributed by atoms with Gasteiger partial charge in [0.15, 0.2) is 0 Å². The lowest BCUT2D eigenvalue weighted by Gasteiger charge is -1.89. The minimum atomic E-state index is -0.927. The van der Waals surface area contributed by atoms with Crippen LogP contribution in [0.1, 0.15) is 18.9 Å². The molecule has 5 heteroatoms. The summed E-state index contributed by atoms with van der Waals surface area (Å²) < 4.78 is 0. The van der Waals surface area contributed by atoms with Crippen molar-refractivity contribution in [2.75, 3.05) is 6.61 Å². The number of carboxylic acid groups (broad SMARTS) is 2. The lowest BCUT2D eigenvalue weighted by molar-refractivity contribution is -0.133. The molecule has 1 aromatic rings. The molecule has 0 bridgehead atoms. The summed E-state index contributed by atoms with van der Waals surface area (Å²) in [5, 5.41) is 24.8. The van der Waals surface area contributed by atoms with Crippen molar-refractivity contribution in [3.63, 3.8) is 0 Å². The highest BCUT2D eigenvalue weighted by atomic mass is 16.4. The third-order valence-corrected chi connectivity index (χ3v) is 2.13. The Morgan fingerprint density at radius 2 is 1.75 bits per heavy atom. The van der Waals surface area contributed by atoms with Crippen LogP contribution in [0, 0.1) is 0 Å². The van der Waals surface area contributed by atoms with E-state index in [0.29, 0.717) is 6.42 Å². The fourth-order valence-electron chi connectivity index (χ4n) is 1.10. The Balaban J connectivity index is 0.000000370. The number of carboxylic acids is 2. The van der Waals surface area contributed by atoms with E-state index in [9.17, 15) is 9.59 Å². The molecule has 0 atom stereocenters. The quantitative estimate of drug-likeness (QED) is 0.718. The number of aliphatic hydroxyl groups is 1. The average molecular weight is 278 g/mol. The molecule has 0 aliphatic rings. The van der Waals surface area contributed by atoms with Crippen LogP contribution in [0.3, 0.4) is 0 Å². The van der Waals surface area contributed by atoms with Gasteiger partial charge in [-0.3, -0.25) is 0 Å². The van der Waals surface area contributed by atoms with Gasteiger partial charge < -0.3 is 15.3 Å². The Labute approximate surface area is 117 Å². The van der Waals surface area contributed by atoms with Crippen LogP contribution < -0.4 is 0 Å². The van der Waals surface area contributed by atoms with Crippen LogP contribution in [-0.4, -0.2) is 33.9 Å². The molecule has 1 rings (SSSR count). The van der Waals surface area contributed by atoms with Gasteiger partial charge in [0, 0.05) is 18.3 Å². The van der Waals surface area contributed by atoms with Gasteiger partial charge in [-0.2, -0.15) is 0 Å². The third kappa shape index (κ3) is 9.61. The Bertz CT molecular complexity index is 474. The first-order chi connectivity index (χ1) is 9.47. The van der Waals surface area contributed by atoms with Gasteiger partial charge in [-0.1, -0.05) is 36.4 Å². The normalized spacial score (nSPS) is 10.8. The maximum Gasteiger partial charge on any atom is 0.330 e. The topological polar surface area (TPSA) is 94.8 Å². The van der Waals surface area contributed by atoms with E-state index < -0.39 is 11.9 Å². The van der Waals surface area contributed by atoms with E-state index in [1.54, 1.807) is 6.08 Å². The molecule has 0 heterocycles. The number of benzene rings is 1. The Kier molecular flexibility index (Phi) is 9.25. The summed E-state index contributed by atoms with van der Waals surface area (Å²) in [5.41, 5.74) is 1.18. The summed E-state index contributed by atoms with van der Waals surface area (Å²) in [6.07, 6.45) is 4.58. The van der Waals surface area contributed by atoms with Crippen LogP contribution in [0.15, 0.2) is 48.1 Å². The van der Waals surface area contributed by atoms with Crippen LogP contribution in [-0.2, 0) is 9.59 Å². The summed E-state index contributed by atoms with van der Waals surface area (Å²) >= 11 is 0. The van der Waals surface area contributed by atoms with Crippen LogP contribution in [0.2, 0.25) is 0 Å². The van der Waals surface area contributed by atoms with E-state index >= 15 is 0 Å². The molecular weight excluding hydrogens is 260 g/mol. The number of hydrogen-bond acceptors (Lipinski definition) is 3. The molecule has 0 amide bonds. The van der Waals surface area contributed by atoms with Crippen molar-refractivity contribution < 1.29 is 24.9 Å². The van der Waals surface area contributed by atoms with Gasteiger partial charge in [0.1, 0.15) is 0 Å². The summed E-state index contributed by atoms with van der Waals surface area (Å²) in [6.45, 7) is 1.50. The van der Waals surface area contributed by atoms with Crippen molar-refractivity contribution in [2.24, 2.45) is 0 Å². The van der Waals surface area contributed by atoms with E-state index in [4.69, 9.17) is 15.3 Å². The average Bonchev–Trinajstić information content (AvgIpc) is 2.44. The third-order valence-electron chi connectivity index (χ3n) is 2.13. The molecule has 0 aliphatic heterocycles. The lowest BCUT2D eigenvalue weighted by Crippen LogP contribution is -1.95. The Morgan fingerprint density at radius 3 is 2.20 bits per heavy atom. The minimum absolute atomic E-state index is 0.00458. The van der Waals surface area contributed by atoms with Crippen molar-refractivity contribution in [1.29, 1.82) is 0 Å². The van der Waals surface area contributed by atoms with Gasteiger partial charge in [0.2, 0.25) is 0 Å². The zero-order valence-electron chi connectivity index (χ0n) is 11.2. The van der Waals surface area contributed by atoms with E-state index in [1.807, 2.05) is 30.3 Å². The van der Waals surface area contributed by atoms with Gasteiger partial charge >= 0.3 is 11.9 Å². The van der Waals surface area contributed by atoms with Gasteiger partial charge in [-0.25, -0.2) is 9.59 Å². The highest BCUT2D eigenvalue weighted by molar-refractivity contribution is 5.85. The number of rotatable bonds is 5. The Morgan fingerprint density at radius 1 is 1.15 bits per heavy atom. The molecule has 3 N–H and O–H groups in total. The zero-order chi connectivity index (χ0) is 15.4. The maximum atomic E-state index is 10.1. The molecule has 0 radical (unpaired) electrons. The summed E-state index contributed by atoms with van der Waals surface area (Å²) in [4.78, 5) is 20.1. The Hall–Kier alpha value is -2.40. The first-order valence-corrected chi connectivity index (χ1v) is 5.94. The van der Waals surface area contributed by atoms with E-state index in [0.717, 1.165) is 11.6 Å². The predicted molar refractivity (Wildman–Crippen MR) is 76.2 cm³/mol. The second-order valence-electron chi connectivity index (χ2n) is 3.79. The molecule has 0 unspecified atom stereocenters. The summed E-state index contributed by atoms with van der Waals surface area (Å²) in [5.74, 6) is -1.85. The lowest BCUT2D eigenvalue weighted by atomic mass is 10.2. The largest absolute Gasteiger partial charge is 0.478 e. The SMILES string of the molecule is CC(=CCCO)C(=O)O.O=C(O)C=Cc1ccccc1. The second kappa shape index (κ2) is 10.5. The molecule has 108 valence electrons. The first-order valence-electron chi connectivity index (χ1n) is 5.94. The first kappa shape index (κ1) is 17.6. The highest BCUT2D eigenvalue weighted by Gasteiger charge is 1.96. The fourth-order valence-corrected chi connectivity index (χ4v) is 1.10. The molecule has 0 saturated heterocycles. The van der Waals surface area contributed by atoms with Crippen LogP contribution >= 0.6 is 0 Å². The predicted octanol–water partition coefficient (Wildman–Crippen LogP) is 2.18. The van der Waals surface area contributed by atoms with Gasteiger partial charge in [-0.05, 0) is 25.0 Å². The van der Waals surface area contributed by atoms with Gasteiger partial charge in [0.05, 0.1) is 0 Å². The number of carbonyl (C=O) groups is 2. The van der Waals surface area contributed by atoms with Crippen LogP contribution in [0.5, 0.6) is 0 Å². The van der Waals surface area contributed by atoms with Crippen LogP contribution in [0.25, 0.3) is 6.08 Å². The van der Waals surface area contributed by atoms with Crippen LogP contribution in [0.4, 0.5) is 0 Å². The summed E-state index contributed by atoms with van der Waals surface area (Å²) in [6, 6.07) is 9.31. The molecule has 0 aromatic heterocycles. The van der Waals surface area contributed by atoms with Crippen molar-refractivity contribution in [2.45, 2.75) is 13.3 Å². The molecular formula is C15H18O5. The van der Waals surface area contributed by atoms with Gasteiger partial charge in [0.25, 0.3) is 0 Å². The molecule has 0 fully saturated rings. The highest BCUT2D eigenvalue weighted by Crippen LogP contribution is 1.99. The number of aliphatic hydroxyl groups excluding tert-OH is 1. The second-order valence-corrected chi connectivity index (χ2v) is 3.79. The molecule has 0 saturated carbocycles. The van der Waals surface area contributed by atoms with Crippen molar-refractivity contribution in [1.82, 2.24) is 0 Å². The van der Waals surface area contributed by atoms with Crippen molar-refractivity contribution in [3.8, 4) is 0 Å². The van der Waals surface area contributed by atoms with Crippen molar-refractivity contribution in [3.05, 3.63) is 53.6 Å². The number of hydrogen-bond donors (Lipinski definition) is 3. The monoisotopic (exact) mass is 278 g/mol. The fraction of sp³-hybridized carbons (Fsp3) is 0.200. The van der Waals surface area contributed by atoms with E-state index in [1.165, 1.54) is 13.0 Å². The summed E-state index contributed by atoms with van der Waals surface area (Å²) in [7, 11) is 0. The van der Waals surface area contributed by atoms with Crippen molar-refractivity contribution >= 4 is 18.0 Å². The smallest absolute Gasteiger partial charge is 0.330 e. The maximum absolute atomic E-state index is 10.1.